The first-order chi connectivity index (χ1) is 8.70. The van der Waals surface area contributed by atoms with Gasteiger partial charge in [-0.2, -0.15) is 9.66 Å². The fourth-order valence-corrected chi connectivity index (χ4v) is 2.75. The first-order valence-electron chi connectivity index (χ1n) is 5.74. The predicted molar refractivity (Wildman–Crippen MR) is 64.4 cm³/mol. The second-order valence-electron chi connectivity index (χ2n) is 4.61. The molecule has 0 aromatic carbocycles. The van der Waals surface area contributed by atoms with E-state index in [0.717, 1.165) is 6.42 Å². The van der Waals surface area contributed by atoms with Gasteiger partial charge in [-0.05, 0) is 11.6 Å². The SMILES string of the molecule is O=c1[nH]c2cnc(Cl)nc2n1N1CC2CC(C1)O2. The Kier molecular flexibility index (Phi) is 1.98. The van der Waals surface area contributed by atoms with Gasteiger partial charge in [0.15, 0.2) is 5.65 Å². The van der Waals surface area contributed by atoms with Crippen LogP contribution in [0.2, 0.25) is 5.28 Å². The van der Waals surface area contributed by atoms with Gasteiger partial charge in [0, 0.05) is 6.42 Å². The molecule has 2 aromatic heterocycles. The highest BCUT2D eigenvalue weighted by molar-refractivity contribution is 6.28. The Hall–Kier alpha value is -1.60. The predicted octanol–water partition coefficient (Wildman–Crippen LogP) is -0.118. The van der Waals surface area contributed by atoms with Crippen molar-refractivity contribution in [1.82, 2.24) is 19.6 Å². The number of nitrogens with zero attached hydrogens (tertiary/aromatic N) is 4. The van der Waals surface area contributed by atoms with Crippen LogP contribution in [0.5, 0.6) is 0 Å². The van der Waals surface area contributed by atoms with Crippen LogP contribution in [0, 0.1) is 0 Å². The third-order valence-electron chi connectivity index (χ3n) is 3.40. The zero-order valence-corrected chi connectivity index (χ0v) is 10.1. The van der Waals surface area contributed by atoms with Crippen molar-refractivity contribution >= 4 is 22.8 Å². The largest absolute Gasteiger partial charge is 0.371 e. The molecule has 2 atom stereocenters. The summed E-state index contributed by atoms with van der Waals surface area (Å²) in [7, 11) is 0. The molecule has 8 heteroatoms. The van der Waals surface area contributed by atoms with Gasteiger partial charge in [0.05, 0.1) is 31.5 Å². The number of aromatic amines is 1. The number of fused-ring (bicyclic) bond motifs is 3. The van der Waals surface area contributed by atoms with Crippen LogP contribution in [-0.4, -0.2) is 44.9 Å². The van der Waals surface area contributed by atoms with Gasteiger partial charge in [-0.25, -0.2) is 9.78 Å². The number of H-pyrrole nitrogens is 1. The number of aromatic nitrogens is 4. The van der Waals surface area contributed by atoms with E-state index in [1.807, 2.05) is 5.01 Å². The molecule has 5 heterocycles. The van der Waals surface area contributed by atoms with E-state index in [4.69, 9.17) is 16.3 Å². The second-order valence-corrected chi connectivity index (χ2v) is 4.94. The number of morpholine rings is 1. The summed E-state index contributed by atoms with van der Waals surface area (Å²) in [6, 6.07) is 0. The van der Waals surface area contributed by atoms with Crippen molar-refractivity contribution in [1.29, 1.82) is 0 Å². The smallest absolute Gasteiger partial charge is 0.346 e. The van der Waals surface area contributed by atoms with Crippen LogP contribution in [0.3, 0.4) is 0 Å². The molecule has 94 valence electrons. The molecule has 1 N–H and O–H groups in total. The average molecular weight is 268 g/mol. The molecule has 3 aliphatic heterocycles. The third-order valence-corrected chi connectivity index (χ3v) is 3.58. The molecule has 2 aromatic rings. The van der Waals surface area contributed by atoms with Gasteiger partial charge < -0.3 is 14.7 Å². The summed E-state index contributed by atoms with van der Waals surface area (Å²) in [4.78, 5) is 22.7. The lowest BCUT2D eigenvalue weighted by molar-refractivity contribution is -0.139. The van der Waals surface area contributed by atoms with E-state index >= 15 is 0 Å². The number of hydrogen-bond donors (Lipinski definition) is 1. The van der Waals surface area contributed by atoms with Gasteiger partial charge in [0.1, 0.15) is 5.52 Å². The normalized spacial score (nSPS) is 26.4. The van der Waals surface area contributed by atoms with Crippen LogP contribution in [-0.2, 0) is 4.74 Å². The highest BCUT2D eigenvalue weighted by atomic mass is 35.5. The molecule has 0 saturated carbocycles. The Balaban J connectivity index is 1.86. The van der Waals surface area contributed by atoms with Crippen molar-refractivity contribution in [3.8, 4) is 0 Å². The summed E-state index contributed by atoms with van der Waals surface area (Å²) in [6.07, 6.45) is 3.03. The molecule has 3 aliphatic rings. The molecule has 2 bridgehead atoms. The number of halogens is 1. The maximum atomic E-state index is 12.0. The summed E-state index contributed by atoms with van der Waals surface area (Å²) in [5.41, 5.74) is 0.883. The number of ether oxygens (including phenoxy) is 1. The Labute approximate surface area is 106 Å². The van der Waals surface area contributed by atoms with E-state index in [1.165, 1.54) is 10.9 Å². The lowest BCUT2D eigenvalue weighted by Gasteiger charge is -2.47. The standard InChI is InChI=1S/C10H10ClN5O2/c11-9-12-2-7-8(14-9)16(10(17)13-7)15-3-5-1-6(4-15)18-5/h2,5-6H,1,3-4H2,(H,13,17). The summed E-state index contributed by atoms with van der Waals surface area (Å²) in [5, 5.41) is 2.08. The van der Waals surface area contributed by atoms with E-state index in [1.54, 1.807) is 0 Å². The number of hydrogen-bond acceptors (Lipinski definition) is 5. The Morgan fingerprint density at radius 3 is 2.89 bits per heavy atom. The van der Waals surface area contributed by atoms with Crippen LogP contribution in [0.1, 0.15) is 6.42 Å². The molecule has 3 saturated heterocycles. The third kappa shape index (κ3) is 1.37. The summed E-state index contributed by atoms with van der Waals surface area (Å²) < 4.78 is 7.09. The lowest BCUT2D eigenvalue weighted by atomic mass is 10.0. The Bertz CT molecular complexity index is 664. The average Bonchev–Trinajstić information content (AvgIpc) is 2.63. The number of rotatable bonds is 1. The Morgan fingerprint density at radius 1 is 1.44 bits per heavy atom. The Morgan fingerprint density at radius 2 is 2.17 bits per heavy atom. The summed E-state index contributed by atoms with van der Waals surface area (Å²) in [6.45, 7) is 1.40. The minimum atomic E-state index is -0.220. The summed E-state index contributed by atoms with van der Waals surface area (Å²) >= 11 is 5.78. The topological polar surface area (TPSA) is 76.0 Å². The van der Waals surface area contributed by atoms with Crippen LogP contribution >= 0.6 is 11.6 Å². The van der Waals surface area contributed by atoms with Gasteiger partial charge in [-0.15, -0.1) is 0 Å². The van der Waals surface area contributed by atoms with Crippen LogP contribution in [0.15, 0.2) is 11.0 Å². The van der Waals surface area contributed by atoms with Crippen molar-refractivity contribution in [3.63, 3.8) is 0 Å². The quantitative estimate of drug-likeness (QED) is 0.729. The number of imidazole rings is 1. The number of nitrogens with one attached hydrogen (secondary N) is 1. The molecule has 0 aliphatic carbocycles. The van der Waals surface area contributed by atoms with Crippen LogP contribution in [0.4, 0.5) is 0 Å². The molecule has 7 nitrogen and oxygen atoms in total. The van der Waals surface area contributed by atoms with Gasteiger partial charge in [0.25, 0.3) is 0 Å². The molecule has 0 spiro atoms. The monoisotopic (exact) mass is 267 g/mol. The van der Waals surface area contributed by atoms with Gasteiger partial charge >= 0.3 is 5.69 Å². The van der Waals surface area contributed by atoms with E-state index in [0.29, 0.717) is 24.3 Å². The lowest BCUT2D eigenvalue weighted by Crippen LogP contribution is -2.62. The molecule has 3 fully saturated rings. The van der Waals surface area contributed by atoms with Gasteiger partial charge in [-0.1, -0.05) is 0 Å². The minimum absolute atomic E-state index is 0.133. The van der Waals surface area contributed by atoms with Crippen molar-refractivity contribution in [2.45, 2.75) is 18.6 Å². The molecular weight excluding hydrogens is 258 g/mol. The zero-order valence-electron chi connectivity index (χ0n) is 9.34. The molecular formula is C10H10ClN5O2. The first kappa shape index (κ1) is 10.3. The van der Waals surface area contributed by atoms with E-state index < -0.39 is 0 Å². The van der Waals surface area contributed by atoms with Gasteiger partial charge in [-0.3, -0.25) is 0 Å². The van der Waals surface area contributed by atoms with E-state index in [2.05, 4.69) is 15.0 Å². The van der Waals surface area contributed by atoms with Crippen molar-refractivity contribution in [3.05, 3.63) is 22.0 Å². The van der Waals surface area contributed by atoms with Crippen LogP contribution in [0.25, 0.3) is 11.2 Å². The molecule has 2 unspecified atom stereocenters. The van der Waals surface area contributed by atoms with E-state index in [9.17, 15) is 4.79 Å². The van der Waals surface area contributed by atoms with Gasteiger partial charge in [0.2, 0.25) is 5.28 Å². The van der Waals surface area contributed by atoms with E-state index in [-0.39, 0.29) is 23.2 Å². The molecule has 5 rings (SSSR count). The molecule has 18 heavy (non-hydrogen) atoms. The van der Waals surface area contributed by atoms with Crippen molar-refractivity contribution in [2.75, 3.05) is 18.1 Å². The maximum Gasteiger partial charge on any atom is 0.346 e. The fraction of sp³-hybridized carbons (Fsp3) is 0.500. The highest BCUT2D eigenvalue weighted by Gasteiger charge is 2.39. The minimum Gasteiger partial charge on any atom is -0.371 e. The first-order valence-corrected chi connectivity index (χ1v) is 6.12. The number of piperidine rings is 1. The van der Waals surface area contributed by atoms with Crippen LogP contribution < -0.4 is 10.7 Å². The maximum absolute atomic E-state index is 12.0. The summed E-state index contributed by atoms with van der Waals surface area (Å²) in [5.74, 6) is 0. The van der Waals surface area contributed by atoms with Crippen molar-refractivity contribution in [2.24, 2.45) is 0 Å². The fourth-order valence-electron chi connectivity index (χ4n) is 2.63. The highest BCUT2D eigenvalue weighted by Crippen LogP contribution is 2.27. The molecule has 0 amide bonds. The van der Waals surface area contributed by atoms with Crippen molar-refractivity contribution < 1.29 is 4.74 Å². The second kappa shape index (κ2) is 3.46. The zero-order chi connectivity index (χ0) is 12.3. The molecule has 0 radical (unpaired) electrons.